The average Bonchev–Trinajstić information content (AvgIpc) is 2.04. The molecule has 0 amide bonds. The summed E-state index contributed by atoms with van der Waals surface area (Å²) in [4.78, 5) is 0. The molecule has 0 rings (SSSR count). The Balaban J connectivity index is 3.96. The first-order chi connectivity index (χ1) is 5.24. The fraction of sp³-hybridized carbons (Fsp3) is 1.00. The van der Waals surface area contributed by atoms with Gasteiger partial charge in [0.2, 0.25) is 0 Å². The van der Waals surface area contributed by atoms with Gasteiger partial charge in [0.1, 0.15) is 13.1 Å². The lowest BCUT2D eigenvalue weighted by Gasteiger charge is -2.35. The van der Waals surface area contributed by atoms with E-state index in [4.69, 9.17) is 10.2 Å². The van der Waals surface area contributed by atoms with Crippen LogP contribution in [0.25, 0.3) is 0 Å². The van der Waals surface area contributed by atoms with Crippen molar-refractivity contribution in [2.45, 2.75) is 13.8 Å². The maximum absolute atomic E-state index is 8.79. The SMILES string of the molecule is CC[N+](CC)(CCO)CCO. The average molecular weight is 162 g/mol. The molecule has 0 aliphatic rings. The highest BCUT2D eigenvalue weighted by atomic mass is 16.3. The summed E-state index contributed by atoms with van der Waals surface area (Å²) in [6.07, 6.45) is 0. The Morgan fingerprint density at radius 2 is 1.27 bits per heavy atom. The van der Waals surface area contributed by atoms with Crippen LogP contribution in [0, 0.1) is 0 Å². The molecule has 0 saturated carbocycles. The van der Waals surface area contributed by atoms with Gasteiger partial charge in [-0.2, -0.15) is 0 Å². The Hall–Kier alpha value is -0.120. The van der Waals surface area contributed by atoms with E-state index < -0.39 is 0 Å². The zero-order valence-electron chi connectivity index (χ0n) is 7.58. The maximum atomic E-state index is 8.79. The molecule has 0 spiro atoms. The molecule has 0 aromatic rings. The van der Waals surface area contributed by atoms with Crippen LogP contribution in [0.4, 0.5) is 0 Å². The summed E-state index contributed by atoms with van der Waals surface area (Å²) in [5.41, 5.74) is 0. The van der Waals surface area contributed by atoms with E-state index in [1.54, 1.807) is 0 Å². The number of quaternary nitrogens is 1. The van der Waals surface area contributed by atoms with Gasteiger partial charge in [-0.3, -0.25) is 0 Å². The highest BCUT2D eigenvalue weighted by Gasteiger charge is 2.20. The van der Waals surface area contributed by atoms with E-state index in [0.29, 0.717) is 0 Å². The minimum absolute atomic E-state index is 0.210. The summed E-state index contributed by atoms with van der Waals surface area (Å²) >= 11 is 0. The van der Waals surface area contributed by atoms with Crippen LogP contribution >= 0.6 is 0 Å². The molecule has 2 N–H and O–H groups in total. The first-order valence-corrected chi connectivity index (χ1v) is 4.31. The van der Waals surface area contributed by atoms with E-state index in [-0.39, 0.29) is 13.2 Å². The quantitative estimate of drug-likeness (QED) is 0.532. The van der Waals surface area contributed by atoms with Gasteiger partial charge in [0.05, 0.1) is 26.3 Å². The summed E-state index contributed by atoms with van der Waals surface area (Å²) in [5, 5.41) is 17.6. The Bertz CT molecular complexity index is 84.1. The van der Waals surface area contributed by atoms with E-state index in [2.05, 4.69) is 13.8 Å². The number of rotatable bonds is 6. The lowest BCUT2D eigenvalue weighted by Crippen LogP contribution is -2.51. The molecule has 0 fully saturated rings. The topological polar surface area (TPSA) is 40.5 Å². The van der Waals surface area contributed by atoms with Gasteiger partial charge in [-0.05, 0) is 13.8 Å². The smallest absolute Gasteiger partial charge is 0.102 e. The molecule has 0 aliphatic carbocycles. The van der Waals surface area contributed by atoms with Gasteiger partial charge in [0, 0.05) is 0 Å². The molecule has 3 nitrogen and oxygen atoms in total. The highest BCUT2D eigenvalue weighted by Crippen LogP contribution is 2.03. The van der Waals surface area contributed by atoms with Crippen molar-refractivity contribution in [1.29, 1.82) is 0 Å². The Labute approximate surface area is 68.9 Å². The Morgan fingerprint density at radius 1 is 0.909 bits per heavy atom. The monoisotopic (exact) mass is 162 g/mol. The van der Waals surface area contributed by atoms with Crippen LogP contribution in [-0.4, -0.2) is 54.1 Å². The number of hydrogen-bond donors (Lipinski definition) is 2. The predicted molar refractivity (Wildman–Crippen MR) is 45.2 cm³/mol. The molecular formula is C8H20NO2+. The second kappa shape index (κ2) is 5.52. The summed E-state index contributed by atoms with van der Waals surface area (Å²) in [5.74, 6) is 0. The molecule has 0 bridgehead atoms. The number of likely N-dealkylation sites (N-methyl/N-ethyl adjacent to an activating group) is 1. The lowest BCUT2D eigenvalue weighted by atomic mass is 10.3. The van der Waals surface area contributed by atoms with Crippen molar-refractivity contribution >= 4 is 0 Å². The van der Waals surface area contributed by atoms with E-state index in [0.717, 1.165) is 30.7 Å². The summed E-state index contributed by atoms with van der Waals surface area (Å²) in [6, 6.07) is 0. The maximum Gasteiger partial charge on any atom is 0.102 e. The fourth-order valence-electron chi connectivity index (χ4n) is 1.39. The largest absolute Gasteiger partial charge is 0.391 e. The minimum Gasteiger partial charge on any atom is -0.391 e. The van der Waals surface area contributed by atoms with Gasteiger partial charge in [0.15, 0.2) is 0 Å². The van der Waals surface area contributed by atoms with Crippen LogP contribution in [-0.2, 0) is 0 Å². The van der Waals surface area contributed by atoms with Crippen LogP contribution in [0.5, 0.6) is 0 Å². The molecule has 0 radical (unpaired) electrons. The summed E-state index contributed by atoms with van der Waals surface area (Å²) in [6.45, 7) is 8.09. The van der Waals surface area contributed by atoms with E-state index in [1.165, 1.54) is 0 Å². The van der Waals surface area contributed by atoms with Crippen molar-refractivity contribution in [2.24, 2.45) is 0 Å². The number of aliphatic hydroxyl groups is 2. The van der Waals surface area contributed by atoms with Crippen molar-refractivity contribution in [3.63, 3.8) is 0 Å². The number of nitrogens with zero attached hydrogens (tertiary/aromatic N) is 1. The molecule has 0 atom stereocenters. The van der Waals surface area contributed by atoms with E-state index in [9.17, 15) is 0 Å². The van der Waals surface area contributed by atoms with Crippen molar-refractivity contribution < 1.29 is 14.7 Å². The Morgan fingerprint density at radius 3 is 1.45 bits per heavy atom. The van der Waals surface area contributed by atoms with Crippen molar-refractivity contribution in [3.8, 4) is 0 Å². The van der Waals surface area contributed by atoms with Crippen LogP contribution in [0.3, 0.4) is 0 Å². The third kappa shape index (κ3) is 3.18. The minimum atomic E-state index is 0.210. The first-order valence-electron chi connectivity index (χ1n) is 4.31. The first kappa shape index (κ1) is 10.9. The summed E-state index contributed by atoms with van der Waals surface area (Å²) in [7, 11) is 0. The van der Waals surface area contributed by atoms with E-state index in [1.807, 2.05) is 0 Å². The zero-order chi connectivity index (χ0) is 8.74. The number of aliphatic hydroxyl groups excluding tert-OH is 2. The van der Waals surface area contributed by atoms with Crippen molar-refractivity contribution in [1.82, 2.24) is 0 Å². The van der Waals surface area contributed by atoms with Crippen LogP contribution in [0.2, 0.25) is 0 Å². The summed E-state index contributed by atoms with van der Waals surface area (Å²) < 4.78 is 0.826. The van der Waals surface area contributed by atoms with Gasteiger partial charge in [-0.15, -0.1) is 0 Å². The molecule has 11 heavy (non-hydrogen) atoms. The third-order valence-corrected chi connectivity index (χ3v) is 2.49. The van der Waals surface area contributed by atoms with Gasteiger partial charge in [-0.1, -0.05) is 0 Å². The van der Waals surface area contributed by atoms with Gasteiger partial charge in [0.25, 0.3) is 0 Å². The molecule has 0 aromatic carbocycles. The Kier molecular flexibility index (Phi) is 5.46. The lowest BCUT2D eigenvalue weighted by molar-refractivity contribution is -0.925. The number of hydrogen-bond acceptors (Lipinski definition) is 2. The van der Waals surface area contributed by atoms with Crippen molar-refractivity contribution in [2.75, 3.05) is 39.4 Å². The van der Waals surface area contributed by atoms with Crippen molar-refractivity contribution in [3.05, 3.63) is 0 Å². The van der Waals surface area contributed by atoms with Gasteiger partial charge < -0.3 is 14.7 Å². The molecule has 0 unspecified atom stereocenters. The molecule has 0 heterocycles. The second-order valence-electron chi connectivity index (χ2n) is 2.87. The second-order valence-corrected chi connectivity index (χ2v) is 2.87. The zero-order valence-corrected chi connectivity index (χ0v) is 7.58. The van der Waals surface area contributed by atoms with E-state index >= 15 is 0 Å². The van der Waals surface area contributed by atoms with Crippen LogP contribution in [0.1, 0.15) is 13.8 Å². The highest BCUT2D eigenvalue weighted by molar-refractivity contribution is 4.38. The van der Waals surface area contributed by atoms with Gasteiger partial charge >= 0.3 is 0 Å². The van der Waals surface area contributed by atoms with Gasteiger partial charge in [-0.25, -0.2) is 0 Å². The molecule has 0 aliphatic heterocycles. The molecular weight excluding hydrogens is 142 g/mol. The molecule has 0 saturated heterocycles. The molecule has 3 heteroatoms. The standard InChI is InChI=1S/C8H20NO2/c1-3-9(4-2,5-7-10)6-8-11/h10-11H,3-8H2,1-2H3/q+1. The fourth-order valence-corrected chi connectivity index (χ4v) is 1.39. The molecule has 68 valence electrons. The van der Waals surface area contributed by atoms with Crippen LogP contribution < -0.4 is 0 Å². The normalized spacial score (nSPS) is 12.0. The predicted octanol–water partition coefficient (Wildman–Crippen LogP) is -0.172. The molecule has 0 aromatic heterocycles. The third-order valence-electron chi connectivity index (χ3n) is 2.49. The van der Waals surface area contributed by atoms with Crippen LogP contribution in [0.15, 0.2) is 0 Å².